The molecular formula is C17H24ClN5O3. The van der Waals surface area contributed by atoms with Gasteiger partial charge < -0.3 is 20.9 Å². The van der Waals surface area contributed by atoms with Gasteiger partial charge in [0.25, 0.3) is 0 Å². The van der Waals surface area contributed by atoms with Gasteiger partial charge in [0.05, 0.1) is 19.0 Å². The highest BCUT2D eigenvalue weighted by atomic mass is 35.5. The van der Waals surface area contributed by atoms with Crippen molar-refractivity contribution < 1.29 is 14.1 Å². The number of nitrogens with zero attached hydrogens (tertiary/aromatic N) is 2. The minimum Gasteiger partial charge on any atom is -0.346 e. The molecule has 1 aromatic carbocycles. The molecule has 1 atom stereocenters. The highest BCUT2D eigenvalue weighted by Crippen LogP contribution is 2.09. The summed E-state index contributed by atoms with van der Waals surface area (Å²) in [6, 6.07) is 6.87. The third-order valence-electron chi connectivity index (χ3n) is 3.60. The van der Waals surface area contributed by atoms with E-state index < -0.39 is 6.04 Å². The first-order chi connectivity index (χ1) is 11.8. The lowest BCUT2D eigenvalue weighted by Gasteiger charge is -2.14. The van der Waals surface area contributed by atoms with Crippen LogP contribution in [0.15, 0.2) is 28.8 Å². The third kappa shape index (κ3) is 6.45. The summed E-state index contributed by atoms with van der Waals surface area (Å²) in [5.41, 5.74) is 7.56. The van der Waals surface area contributed by atoms with Gasteiger partial charge in [0.2, 0.25) is 17.7 Å². The summed E-state index contributed by atoms with van der Waals surface area (Å²) in [5, 5.41) is 9.13. The van der Waals surface area contributed by atoms with E-state index in [1.165, 1.54) is 0 Å². The zero-order valence-corrected chi connectivity index (χ0v) is 15.8. The van der Waals surface area contributed by atoms with Gasteiger partial charge in [-0.3, -0.25) is 9.59 Å². The Kier molecular flexibility index (Phi) is 8.21. The maximum Gasteiger partial charge on any atom is 0.246 e. The molecule has 4 N–H and O–H groups in total. The van der Waals surface area contributed by atoms with Crippen LogP contribution in [-0.2, 0) is 22.6 Å². The normalized spacial score (nSPS) is 11.6. The largest absolute Gasteiger partial charge is 0.346 e. The first-order valence-electron chi connectivity index (χ1n) is 8.06. The fourth-order valence-electron chi connectivity index (χ4n) is 2.00. The van der Waals surface area contributed by atoms with Crippen LogP contribution in [-0.4, -0.2) is 28.0 Å². The van der Waals surface area contributed by atoms with E-state index in [0.29, 0.717) is 5.69 Å². The molecule has 0 bridgehead atoms. The van der Waals surface area contributed by atoms with E-state index in [1.807, 2.05) is 45.0 Å². The molecule has 0 aliphatic carbocycles. The summed E-state index contributed by atoms with van der Waals surface area (Å²) in [6.45, 7) is 5.77. The molecule has 1 aromatic heterocycles. The maximum absolute atomic E-state index is 12.0. The Morgan fingerprint density at radius 3 is 2.50 bits per heavy atom. The Labute approximate surface area is 158 Å². The number of nitrogens with one attached hydrogen (secondary N) is 2. The summed E-state index contributed by atoms with van der Waals surface area (Å²) in [4.78, 5) is 27.9. The van der Waals surface area contributed by atoms with Gasteiger partial charge in [-0.15, -0.1) is 12.4 Å². The number of amides is 2. The number of carbonyl (C=O) groups excluding carboxylic acids is 2. The summed E-state index contributed by atoms with van der Waals surface area (Å²) < 4.78 is 5.03. The molecule has 8 nitrogen and oxygen atoms in total. The first kappa shape index (κ1) is 21.6. The van der Waals surface area contributed by atoms with Gasteiger partial charge in [-0.2, -0.15) is 4.98 Å². The molecule has 0 aliphatic rings. The lowest BCUT2D eigenvalue weighted by molar-refractivity contribution is -0.123. The fourth-order valence-corrected chi connectivity index (χ4v) is 2.00. The highest BCUT2D eigenvalue weighted by molar-refractivity contribution is 5.91. The molecule has 0 spiro atoms. The van der Waals surface area contributed by atoms with Crippen LogP contribution >= 0.6 is 12.4 Å². The van der Waals surface area contributed by atoms with Gasteiger partial charge in [0, 0.05) is 5.69 Å². The second-order valence-electron chi connectivity index (χ2n) is 6.18. The van der Waals surface area contributed by atoms with Gasteiger partial charge >= 0.3 is 0 Å². The van der Waals surface area contributed by atoms with Crippen molar-refractivity contribution in [3.05, 3.63) is 41.5 Å². The van der Waals surface area contributed by atoms with Crippen LogP contribution in [0.2, 0.25) is 0 Å². The molecule has 0 radical (unpaired) electrons. The van der Waals surface area contributed by atoms with E-state index in [2.05, 4.69) is 20.8 Å². The van der Waals surface area contributed by atoms with Crippen LogP contribution in [0.3, 0.4) is 0 Å². The number of halogens is 1. The van der Waals surface area contributed by atoms with E-state index in [4.69, 9.17) is 10.3 Å². The van der Waals surface area contributed by atoms with Gasteiger partial charge in [-0.25, -0.2) is 0 Å². The van der Waals surface area contributed by atoms with Crippen molar-refractivity contribution in [1.82, 2.24) is 15.5 Å². The first-order valence-corrected chi connectivity index (χ1v) is 8.06. The molecule has 2 amide bonds. The van der Waals surface area contributed by atoms with E-state index in [0.717, 1.165) is 5.56 Å². The Hall–Kier alpha value is -2.45. The Morgan fingerprint density at radius 1 is 1.23 bits per heavy atom. The topological polar surface area (TPSA) is 123 Å². The molecule has 0 saturated carbocycles. The van der Waals surface area contributed by atoms with Crippen molar-refractivity contribution in [1.29, 1.82) is 0 Å². The van der Waals surface area contributed by atoms with Crippen molar-refractivity contribution in [3.8, 4) is 0 Å². The highest BCUT2D eigenvalue weighted by Gasteiger charge is 2.18. The number of rotatable bonds is 7. The second-order valence-corrected chi connectivity index (χ2v) is 6.18. The van der Waals surface area contributed by atoms with Gasteiger partial charge in [0.15, 0.2) is 5.82 Å². The number of aryl methyl sites for hydroxylation is 1. The van der Waals surface area contributed by atoms with Crippen LogP contribution in [0.1, 0.15) is 31.1 Å². The van der Waals surface area contributed by atoms with Crippen molar-refractivity contribution >= 4 is 29.9 Å². The average Bonchev–Trinajstić information content (AvgIpc) is 3.01. The fraction of sp³-hybridized carbons (Fsp3) is 0.412. The predicted molar refractivity (Wildman–Crippen MR) is 99.7 cm³/mol. The number of benzene rings is 1. The average molecular weight is 382 g/mol. The van der Waals surface area contributed by atoms with Crippen molar-refractivity contribution in [2.24, 2.45) is 11.7 Å². The molecule has 142 valence electrons. The minimum absolute atomic E-state index is 0. The van der Waals surface area contributed by atoms with Gasteiger partial charge in [-0.05, 0) is 25.0 Å². The van der Waals surface area contributed by atoms with Crippen molar-refractivity contribution in [2.75, 3.05) is 5.32 Å². The smallest absolute Gasteiger partial charge is 0.246 e. The van der Waals surface area contributed by atoms with Crippen LogP contribution in [0.25, 0.3) is 0 Å². The van der Waals surface area contributed by atoms with Gasteiger partial charge in [0.1, 0.15) is 0 Å². The molecule has 2 aromatic rings. The van der Waals surface area contributed by atoms with Crippen molar-refractivity contribution in [2.45, 2.75) is 39.8 Å². The molecule has 1 heterocycles. The molecule has 0 fully saturated rings. The quantitative estimate of drug-likeness (QED) is 0.669. The van der Waals surface area contributed by atoms with E-state index in [9.17, 15) is 9.59 Å². The Morgan fingerprint density at radius 2 is 1.88 bits per heavy atom. The molecule has 9 heteroatoms. The second kappa shape index (κ2) is 9.88. The number of hydrogen-bond acceptors (Lipinski definition) is 6. The van der Waals surface area contributed by atoms with Crippen molar-refractivity contribution in [3.63, 3.8) is 0 Å². The molecule has 0 unspecified atom stereocenters. The van der Waals surface area contributed by atoms with E-state index in [1.54, 1.807) is 0 Å². The maximum atomic E-state index is 12.0. The summed E-state index contributed by atoms with van der Waals surface area (Å²) in [5.74, 6) is -0.0258. The molecule has 26 heavy (non-hydrogen) atoms. The summed E-state index contributed by atoms with van der Waals surface area (Å²) in [6.07, 6.45) is -0.0170. The SMILES string of the molecule is Cc1ccc(NC(=O)Cc2noc(CNC(=O)[C@@H](N)C(C)C)n2)cc1.Cl. The van der Waals surface area contributed by atoms with E-state index in [-0.39, 0.29) is 54.8 Å². The molecule has 0 aliphatic heterocycles. The monoisotopic (exact) mass is 381 g/mol. The molecular weight excluding hydrogens is 358 g/mol. The lowest BCUT2D eigenvalue weighted by Crippen LogP contribution is -2.43. The number of anilines is 1. The molecule has 0 saturated heterocycles. The predicted octanol–water partition coefficient (Wildman–Crippen LogP) is 1.58. The summed E-state index contributed by atoms with van der Waals surface area (Å²) >= 11 is 0. The number of carbonyl (C=O) groups is 2. The zero-order chi connectivity index (χ0) is 18.4. The zero-order valence-electron chi connectivity index (χ0n) is 15.0. The van der Waals surface area contributed by atoms with Crippen LogP contribution in [0.4, 0.5) is 5.69 Å². The standard InChI is InChI=1S/C17H23N5O3.ClH/c1-10(2)16(18)17(24)19-9-15-21-13(22-25-15)8-14(23)20-12-6-4-11(3)5-7-12;/h4-7,10,16H,8-9,18H2,1-3H3,(H,19,24)(H,20,23);1H/t16-;/m0./s1. The number of nitrogens with two attached hydrogens (primary N) is 1. The number of aromatic nitrogens is 2. The summed E-state index contributed by atoms with van der Waals surface area (Å²) in [7, 11) is 0. The van der Waals surface area contributed by atoms with Crippen LogP contribution in [0, 0.1) is 12.8 Å². The lowest BCUT2D eigenvalue weighted by atomic mass is 10.1. The minimum atomic E-state index is -0.595. The Balaban J connectivity index is 0.00000338. The third-order valence-corrected chi connectivity index (χ3v) is 3.60. The number of hydrogen-bond donors (Lipinski definition) is 3. The molecule has 2 rings (SSSR count). The van der Waals surface area contributed by atoms with Gasteiger partial charge in [-0.1, -0.05) is 36.7 Å². The van der Waals surface area contributed by atoms with E-state index >= 15 is 0 Å². The Bertz CT molecular complexity index is 730. The van der Waals surface area contributed by atoms with Crippen LogP contribution in [0.5, 0.6) is 0 Å². The van der Waals surface area contributed by atoms with Crippen LogP contribution < -0.4 is 16.4 Å².